The summed E-state index contributed by atoms with van der Waals surface area (Å²) in [6.07, 6.45) is -0.122. The molecule has 2 rings (SSSR count). The standard InChI is InChI=1S/C12H13Cl2F3N2/c13-8-1-3-9(4-2-8)19-11-10(14)5-7(6-18-11)12(15,16)17/h5-6,8-9H,1-4H2,(H,18,19). The highest BCUT2D eigenvalue weighted by atomic mass is 35.5. The monoisotopic (exact) mass is 312 g/mol. The minimum atomic E-state index is -4.42. The average Bonchev–Trinajstić information content (AvgIpc) is 2.33. The molecule has 0 atom stereocenters. The van der Waals surface area contributed by atoms with E-state index in [1.807, 2.05) is 0 Å². The molecule has 0 unspecified atom stereocenters. The maximum atomic E-state index is 12.5. The average molecular weight is 313 g/mol. The summed E-state index contributed by atoms with van der Waals surface area (Å²) in [4.78, 5) is 3.76. The molecule has 0 radical (unpaired) electrons. The van der Waals surface area contributed by atoms with Crippen LogP contribution >= 0.6 is 23.2 Å². The summed E-state index contributed by atoms with van der Waals surface area (Å²) in [7, 11) is 0. The van der Waals surface area contributed by atoms with Crippen LogP contribution in [0.15, 0.2) is 12.3 Å². The number of aromatic nitrogens is 1. The Labute approximate surface area is 119 Å². The Balaban J connectivity index is 2.05. The normalized spacial score (nSPS) is 24.3. The lowest BCUT2D eigenvalue weighted by Gasteiger charge is -2.26. The van der Waals surface area contributed by atoms with E-state index in [4.69, 9.17) is 23.2 Å². The molecule has 1 N–H and O–H groups in total. The zero-order chi connectivity index (χ0) is 14.0. The van der Waals surface area contributed by atoms with Crippen LogP contribution in [0.3, 0.4) is 0 Å². The van der Waals surface area contributed by atoms with Crippen LogP contribution in [0.25, 0.3) is 0 Å². The Kier molecular flexibility index (Phi) is 4.46. The smallest absolute Gasteiger partial charge is 0.366 e. The van der Waals surface area contributed by atoms with E-state index in [1.165, 1.54) is 0 Å². The lowest BCUT2D eigenvalue weighted by Crippen LogP contribution is -2.27. The second-order valence-electron chi connectivity index (χ2n) is 4.65. The van der Waals surface area contributed by atoms with E-state index in [0.717, 1.165) is 37.9 Å². The zero-order valence-electron chi connectivity index (χ0n) is 9.97. The van der Waals surface area contributed by atoms with Gasteiger partial charge in [0.2, 0.25) is 0 Å². The highest BCUT2D eigenvalue weighted by Crippen LogP contribution is 2.33. The van der Waals surface area contributed by atoms with Crippen LogP contribution in [-0.2, 0) is 6.18 Å². The Bertz CT molecular complexity index is 443. The fraction of sp³-hybridized carbons (Fsp3) is 0.583. The molecule has 0 saturated heterocycles. The molecule has 1 aliphatic carbocycles. The summed E-state index contributed by atoms with van der Waals surface area (Å²) in [6, 6.07) is 1.06. The van der Waals surface area contributed by atoms with Gasteiger partial charge >= 0.3 is 6.18 Å². The van der Waals surface area contributed by atoms with Gasteiger partial charge in [0.15, 0.2) is 0 Å². The van der Waals surface area contributed by atoms with Gasteiger partial charge in [0.05, 0.1) is 10.6 Å². The quantitative estimate of drug-likeness (QED) is 0.799. The number of alkyl halides is 4. The molecular formula is C12H13Cl2F3N2. The van der Waals surface area contributed by atoms with E-state index in [1.54, 1.807) is 0 Å². The zero-order valence-corrected chi connectivity index (χ0v) is 11.5. The van der Waals surface area contributed by atoms with Crippen molar-refractivity contribution in [3.05, 3.63) is 22.8 Å². The Morgan fingerprint density at radius 1 is 1.21 bits per heavy atom. The first-order chi connectivity index (χ1) is 8.86. The van der Waals surface area contributed by atoms with E-state index in [9.17, 15) is 13.2 Å². The molecule has 0 bridgehead atoms. The van der Waals surface area contributed by atoms with E-state index < -0.39 is 11.7 Å². The molecule has 19 heavy (non-hydrogen) atoms. The molecule has 0 spiro atoms. The fourth-order valence-electron chi connectivity index (χ4n) is 2.09. The number of anilines is 1. The van der Waals surface area contributed by atoms with Gasteiger partial charge in [-0.25, -0.2) is 4.98 Å². The summed E-state index contributed by atoms with van der Waals surface area (Å²) >= 11 is 11.8. The van der Waals surface area contributed by atoms with Crippen LogP contribution in [0, 0.1) is 0 Å². The lowest BCUT2D eigenvalue weighted by molar-refractivity contribution is -0.137. The first-order valence-electron chi connectivity index (χ1n) is 5.99. The van der Waals surface area contributed by atoms with Gasteiger partial charge in [0, 0.05) is 17.6 Å². The van der Waals surface area contributed by atoms with Crippen LogP contribution < -0.4 is 5.32 Å². The first kappa shape index (κ1) is 14.7. The number of rotatable bonds is 2. The minimum Gasteiger partial charge on any atom is -0.366 e. The third-order valence-electron chi connectivity index (χ3n) is 3.17. The predicted molar refractivity (Wildman–Crippen MR) is 69.8 cm³/mol. The molecule has 1 aromatic heterocycles. The maximum Gasteiger partial charge on any atom is 0.417 e. The number of nitrogens with one attached hydrogen (secondary N) is 1. The molecule has 106 valence electrons. The van der Waals surface area contributed by atoms with Crippen LogP contribution in [0.5, 0.6) is 0 Å². The summed E-state index contributed by atoms with van der Waals surface area (Å²) in [5.74, 6) is 0.299. The van der Waals surface area contributed by atoms with E-state index in [-0.39, 0.29) is 16.4 Å². The Hall–Kier alpha value is -0.680. The Morgan fingerprint density at radius 3 is 2.37 bits per heavy atom. The second-order valence-corrected chi connectivity index (χ2v) is 5.67. The van der Waals surface area contributed by atoms with Crippen LogP contribution in [-0.4, -0.2) is 16.4 Å². The van der Waals surface area contributed by atoms with Gasteiger partial charge in [0.1, 0.15) is 5.82 Å². The summed E-state index contributed by atoms with van der Waals surface area (Å²) in [6.45, 7) is 0. The molecule has 1 fully saturated rings. The van der Waals surface area contributed by atoms with Gasteiger partial charge in [-0.2, -0.15) is 13.2 Å². The van der Waals surface area contributed by atoms with Crippen molar-refractivity contribution >= 4 is 29.0 Å². The van der Waals surface area contributed by atoms with Crippen LogP contribution in [0.1, 0.15) is 31.2 Å². The van der Waals surface area contributed by atoms with Gasteiger partial charge in [-0.15, -0.1) is 11.6 Å². The van der Waals surface area contributed by atoms with Crippen molar-refractivity contribution in [2.75, 3.05) is 5.32 Å². The molecule has 1 aromatic rings. The van der Waals surface area contributed by atoms with E-state index in [0.29, 0.717) is 5.82 Å². The minimum absolute atomic E-state index is 0.0113. The van der Waals surface area contributed by atoms with Crippen molar-refractivity contribution in [3.63, 3.8) is 0 Å². The molecular weight excluding hydrogens is 300 g/mol. The number of nitrogens with zero attached hydrogens (tertiary/aromatic N) is 1. The second kappa shape index (κ2) is 5.75. The van der Waals surface area contributed by atoms with E-state index in [2.05, 4.69) is 10.3 Å². The summed E-state index contributed by atoms with van der Waals surface area (Å²) in [5, 5.41) is 3.26. The number of pyridine rings is 1. The van der Waals surface area contributed by atoms with Gasteiger partial charge in [0.25, 0.3) is 0 Å². The van der Waals surface area contributed by atoms with Gasteiger partial charge in [-0.1, -0.05) is 11.6 Å². The lowest BCUT2D eigenvalue weighted by atomic mass is 9.95. The van der Waals surface area contributed by atoms with Crippen molar-refractivity contribution in [2.24, 2.45) is 0 Å². The van der Waals surface area contributed by atoms with Crippen molar-refractivity contribution in [3.8, 4) is 0 Å². The highest BCUT2D eigenvalue weighted by molar-refractivity contribution is 6.33. The van der Waals surface area contributed by atoms with Crippen molar-refractivity contribution in [1.82, 2.24) is 4.98 Å². The molecule has 0 aliphatic heterocycles. The topological polar surface area (TPSA) is 24.9 Å². The molecule has 1 aliphatic rings. The summed E-state index contributed by atoms with van der Waals surface area (Å²) in [5.41, 5.74) is -0.840. The van der Waals surface area contributed by atoms with E-state index >= 15 is 0 Å². The molecule has 0 amide bonds. The predicted octanol–water partition coefficient (Wildman–Crippen LogP) is 4.72. The molecule has 2 nitrogen and oxygen atoms in total. The third-order valence-corrected chi connectivity index (χ3v) is 3.89. The largest absolute Gasteiger partial charge is 0.417 e. The molecule has 1 heterocycles. The first-order valence-corrected chi connectivity index (χ1v) is 6.81. The molecule has 1 saturated carbocycles. The maximum absolute atomic E-state index is 12.5. The molecule has 0 aromatic carbocycles. The highest BCUT2D eigenvalue weighted by Gasteiger charge is 2.31. The van der Waals surface area contributed by atoms with Gasteiger partial charge in [-0.05, 0) is 31.7 Å². The number of halogens is 5. The van der Waals surface area contributed by atoms with Crippen LogP contribution in [0.2, 0.25) is 5.02 Å². The summed E-state index contributed by atoms with van der Waals surface area (Å²) < 4.78 is 37.4. The molecule has 7 heteroatoms. The third kappa shape index (κ3) is 3.89. The SMILES string of the molecule is FC(F)(F)c1cnc(NC2CCC(Cl)CC2)c(Cl)c1. The number of hydrogen-bond acceptors (Lipinski definition) is 2. The van der Waals surface area contributed by atoms with Gasteiger partial charge < -0.3 is 5.32 Å². The van der Waals surface area contributed by atoms with Gasteiger partial charge in [-0.3, -0.25) is 0 Å². The number of hydrogen-bond donors (Lipinski definition) is 1. The van der Waals surface area contributed by atoms with Crippen molar-refractivity contribution in [2.45, 2.75) is 43.3 Å². The van der Waals surface area contributed by atoms with Crippen molar-refractivity contribution < 1.29 is 13.2 Å². The van der Waals surface area contributed by atoms with Crippen LogP contribution in [0.4, 0.5) is 19.0 Å². The Morgan fingerprint density at radius 2 is 1.84 bits per heavy atom. The fourth-order valence-corrected chi connectivity index (χ4v) is 2.56. The van der Waals surface area contributed by atoms with Crippen molar-refractivity contribution in [1.29, 1.82) is 0 Å².